The highest BCUT2D eigenvalue weighted by molar-refractivity contribution is 6.44. The number of amides is 2. The molecule has 0 spiro atoms. The Balaban J connectivity index is 1.53. The first-order chi connectivity index (χ1) is 15.5. The topological polar surface area (TPSA) is 119 Å². The minimum absolute atomic E-state index is 0.0883. The van der Waals surface area contributed by atoms with Crippen LogP contribution in [0.4, 0.5) is 11.4 Å². The molecule has 0 aliphatic carbocycles. The van der Waals surface area contributed by atoms with Crippen molar-refractivity contribution in [2.75, 3.05) is 17.4 Å². The van der Waals surface area contributed by atoms with Gasteiger partial charge in [-0.1, -0.05) is 18.2 Å². The first-order valence-corrected chi connectivity index (χ1v) is 9.84. The standard InChI is InChI=1S/C23H21N5O4/c1-31-16-9-11-17(12-10-16)32-23-18(8-5-13-25-23)26-22(30)19-14-20(21(24)29)28(27-19)15-6-3-2-4-7-15/h2-13,20H,14H2,1H3,(H2,24,29)(H,26,30). The lowest BCUT2D eigenvalue weighted by Gasteiger charge is -2.20. The monoisotopic (exact) mass is 431 g/mol. The number of aromatic nitrogens is 1. The summed E-state index contributed by atoms with van der Waals surface area (Å²) in [5.74, 6) is 0.406. The van der Waals surface area contributed by atoms with Crippen molar-refractivity contribution in [1.29, 1.82) is 0 Å². The molecule has 0 fully saturated rings. The molecule has 1 unspecified atom stereocenters. The number of hydrogen-bond donors (Lipinski definition) is 2. The van der Waals surface area contributed by atoms with Gasteiger partial charge in [0.2, 0.25) is 11.8 Å². The molecule has 1 aromatic heterocycles. The van der Waals surface area contributed by atoms with Crippen LogP contribution >= 0.6 is 0 Å². The number of nitrogens with one attached hydrogen (secondary N) is 1. The molecule has 0 radical (unpaired) electrons. The molecule has 3 aromatic rings. The van der Waals surface area contributed by atoms with Crippen molar-refractivity contribution in [2.24, 2.45) is 10.8 Å². The fraction of sp³-hybridized carbons (Fsp3) is 0.130. The molecule has 1 aliphatic heterocycles. The number of para-hydroxylation sites is 1. The number of hydrazone groups is 1. The van der Waals surface area contributed by atoms with Gasteiger partial charge in [0.15, 0.2) is 0 Å². The van der Waals surface area contributed by atoms with Crippen molar-refractivity contribution < 1.29 is 19.1 Å². The predicted octanol–water partition coefficient (Wildman–Crippen LogP) is 2.94. The fourth-order valence-corrected chi connectivity index (χ4v) is 3.20. The van der Waals surface area contributed by atoms with Gasteiger partial charge in [0.1, 0.15) is 28.9 Å². The lowest BCUT2D eigenvalue weighted by molar-refractivity contribution is -0.119. The number of methoxy groups -OCH3 is 1. The highest BCUT2D eigenvalue weighted by Gasteiger charge is 2.35. The molecule has 9 nitrogen and oxygen atoms in total. The lowest BCUT2D eigenvalue weighted by Crippen LogP contribution is -2.39. The van der Waals surface area contributed by atoms with E-state index >= 15 is 0 Å². The summed E-state index contributed by atoms with van der Waals surface area (Å²) in [6, 6.07) is 18.6. The van der Waals surface area contributed by atoms with E-state index in [2.05, 4.69) is 15.4 Å². The van der Waals surface area contributed by atoms with Crippen LogP contribution in [0.15, 0.2) is 78.0 Å². The van der Waals surface area contributed by atoms with E-state index in [1.54, 1.807) is 61.8 Å². The second-order valence-corrected chi connectivity index (χ2v) is 6.94. The van der Waals surface area contributed by atoms with Gasteiger partial charge in [0.25, 0.3) is 5.91 Å². The smallest absolute Gasteiger partial charge is 0.272 e. The molecule has 2 amide bonds. The summed E-state index contributed by atoms with van der Waals surface area (Å²) in [5, 5.41) is 8.59. The van der Waals surface area contributed by atoms with E-state index in [1.165, 1.54) is 5.01 Å². The Labute approximate surface area is 184 Å². The van der Waals surface area contributed by atoms with E-state index in [0.717, 1.165) is 0 Å². The molecule has 3 N–H and O–H groups in total. The van der Waals surface area contributed by atoms with E-state index < -0.39 is 17.9 Å². The number of carbonyl (C=O) groups is 2. The van der Waals surface area contributed by atoms with Crippen LogP contribution in [0, 0.1) is 0 Å². The molecular formula is C23H21N5O4. The number of nitrogens with zero attached hydrogens (tertiary/aromatic N) is 3. The van der Waals surface area contributed by atoms with Crippen LogP contribution < -0.4 is 25.5 Å². The van der Waals surface area contributed by atoms with E-state index in [0.29, 0.717) is 22.9 Å². The Morgan fingerprint density at radius 1 is 1.03 bits per heavy atom. The van der Waals surface area contributed by atoms with Crippen LogP contribution in [0.3, 0.4) is 0 Å². The molecule has 1 aliphatic rings. The number of hydrogen-bond acceptors (Lipinski definition) is 7. The number of anilines is 2. The molecule has 0 saturated carbocycles. The number of pyridine rings is 1. The molecular weight excluding hydrogens is 410 g/mol. The quantitative estimate of drug-likeness (QED) is 0.594. The summed E-state index contributed by atoms with van der Waals surface area (Å²) in [7, 11) is 1.58. The van der Waals surface area contributed by atoms with Gasteiger partial charge in [-0.25, -0.2) is 4.98 Å². The highest BCUT2D eigenvalue weighted by Crippen LogP contribution is 2.29. The molecule has 9 heteroatoms. The van der Waals surface area contributed by atoms with Crippen LogP contribution in [0.2, 0.25) is 0 Å². The molecule has 0 bridgehead atoms. The zero-order valence-electron chi connectivity index (χ0n) is 17.3. The second kappa shape index (κ2) is 9.17. The van der Waals surface area contributed by atoms with E-state index in [4.69, 9.17) is 15.2 Å². The van der Waals surface area contributed by atoms with Crippen molar-refractivity contribution in [3.05, 3.63) is 72.9 Å². The highest BCUT2D eigenvalue weighted by atomic mass is 16.5. The third-order valence-electron chi connectivity index (χ3n) is 4.81. The Morgan fingerprint density at radius 2 is 1.75 bits per heavy atom. The number of nitrogens with two attached hydrogens (primary N) is 1. The number of primary amides is 1. The minimum atomic E-state index is -0.748. The summed E-state index contributed by atoms with van der Waals surface area (Å²) in [5.41, 5.74) is 6.76. The maximum atomic E-state index is 12.9. The van der Waals surface area contributed by atoms with Gasteiger partial charge in [-0.15, -0.1) is 0 Å². The van der Waals surface area contributed by atoms with Crippen LogP contribution in [-0.2, 0) is 9.59 Å². The predicted molar refractivity (Wildman–Crippen MR) is 120 cm³/mol. The first-order valence-electron chi connectivity index (χ1n) is 9.84. The van der Waals surface area contributed by atoms with Crippen molar-refractivity contribution in [1.82, 2.24) is 4.98 Å². The van der Waals surface area contributed by atoms with Gasteiger partial charge in [-0.05, 0) is 48.5 Å². The molecule has 32 heavy (non-hydrogen) atoms. The molecule has 162 valence electrons. The zero-order valence-corrected chi connectivity index (χ0v) is 17.3. The largest absolute Gasteiger partial charge is 0.497 e. The molecule has 1 atom stereocenters. The second-order valence-electron chi connectivity index (χ2n) is 6.94. The maximum absolute atomic E-state index is 12.9. The Hall–Kier alpha value is -4.40. The SMILES string of the molecule is COc1ccc(Oc2ncccc2NC(=O)C2=NN(c3ccccc3)C(C(N)=O)C2)cc1. The zero-order chi connectivity index (χ0) is 22.5. The number of ether oxygens (including phenoxy) is 2. The van der Waals surface area contributed by atoms with Crippen molar-refractivity contribution in [2.45, 2.75) is 12.5 Å². The van der Waals surface area contributed by atoms with E-state index in [9.17, 15) is 9.59 Å². The molecule has 0 saturated heterocycles. The Bertz CT molecular complexity index is 1150. The Kier molecular flexibility index (Phi) is 5.98. The van der Waals surface area contributed by atoms with E-state index in [-0.39, 0.29) is 18.0 Å². The number of benzene rings is 2. The van der Waals surface area contributed by atoms with Gasteiger partial charge in [0.05, 0.1) is 12.8 Å². The molecule has 2 heterocycles. The van der Waals surface area contributed by atoms with Gasteiger partial charge >= 0.3 is 0 Å². The average Bonchev–Trinajstić information content (AvgIpc) is 3.28. The van der Waals surface area contributed by atoms with Crippen molar-refractivity contribution >= 4 is 28.9 Å². The third-order valence-corrected chi connectivity index (χ3v) is 4.81. The first kappa shape index (κ1) is 20.9. The van der Waals surface area contributed by atoms with Crippen LogP contribution in [-0.4, -0.2) is 35.7 Å². The van der Waals surface area contributed by atoms with Gasteiger partial charge in [0, 0.05) is 12.6 Å². The van der Waals surface area contributed by atoms with Crippen LogP contribution in [0.5, 0.6) is 17.4 Å². The number of carbonyl (C=O) groups excluding carboxylic acids is 2. The van der Waals surface area contributed by atoms with Crippen LogP contribution in [0.25, 0.3) is 0 Å². The normalized spacial score (nSPS) is 15.1. The summed E-state index contributed by atoms with van der Waals surface area (Å²) in [6.45, 7) is 0. The van der Waals surface area contributed by atoms with Gasteiger partial charge < -0.3 is 20.5 Å². The van der Waals surface area contributed by atoms with Crippen molar-refractivity contribution in [3.63, 3.8) is 0 Å². The summed E-state index contributed by atoms with van der Waals surface area (Å²) in [4.78, 5) is 29.1. The lowest BCUT2D eigenvalue weighted by atomic mass is 10.1. The van der Waals surface area contributed by atoms with Gasteiger partial charge in [-0.3, -0.25) is 14.6 Å². The fourth-order valence-electron chi connectivity index (χ4n) is 3.20. The average molecular weight is 431 g/mol. The minimum Gasteiger partial charge on any atom is -0.497 e. The summed E-state index contributed by atoms with van der Waals surface area (Å²) in [6.07, 6.45) is 1.65. The molecule has 4 rings (SSSR count). The summed E-state index contributed by atoms with van der Waals surface area (Å²) < 4.78 is 11.0. The molecule has 2 aromatic carbocycles. The van der Waals surface area contributed by atoms with Crippen LogP contribution in [0.1, 0.15) is 6.42 Å². The number of rotatable bonds is 7. The maximum Gasteiger partial charge on any atom is 0.272 e. The van der Waals surface area contributed by atoms with Gasteiger partial charge in [-0.2, -0.15) is 5.10 Å². The Morgan fingerprint density at radius 3 is 2.44 bits per heavy atom. The van der Waals surface area contributed by atoms with Crippen molar-refractivity contribution in [3.8, 4) is 17.4 Å². The van der Waals surface area contributed by atoms with E-state index in [1.807, 2.05) is 18.2 Å². The third kappa shape index (κ3) is 4.51. The summed E-state index contributed by atoms with van der Waals surface area (Å²) >= 11 is 0.